The lowest BCUT2D eigenvalue weighted by molar-refractivity contribution is -0.308. The van der Waals surface area contributed by atoms with Crippen LogP contribution in [0.1, 0.15) is 42.0 Å². The molecule has 0 aliphatic rings. The minimum Gasteiger partial charge on any atom is -0.546 e. The Morgan fingerprint density at radius 2 is 1.07 bits per heavy atom. The van der Waals surface area contributed by atoms with E-state index in [1.807, 2.05) is 0 Å². The lowest BCUT2D eigenvalue weighted by Gasteiger charge is -2.15. The van der Waals surface area contributed by atoms with Crippen LogP contribution in [0.4, 0.5) is 0 Å². The average Bonchev–Trinajstić information content (AvgIpc) is 2.91. The minimum atomic E-state index is -4.22. The van der Waals surface area contributed by atoms with E-state index in [0.717, 1.165) is 0 Å². The van der Waals surface area contributed by atoms with E-state index in [9.17, 15) is 36.6 Å². The van der Waals surface area contributed by atoms with E-state index < -0.39 is 56.9 Å². The van der Waals surface area contributed by atoms with Gasteiger partial charge in [0.25, 0.3) is 20.2 Å². The smallest absolute Gasteiger partial charge is 0.264 e. The predicted molar refractivity (Wildman–Crippen MR) is 150 cm³/mol. The maximum atomic E-state index is 11.1. The molecule has 2 aromatic rings. The first kappa shape index (κ1) is 35.7. The number of carbonyl (C=O) groups is 2. The number of hydrogen-bond acceptors (Lipinski definition) is 12. The van der Waals surface area contributed by atoms with Gasteiger partial charge >= 0.3 is 0 Å². The third-order valence-electron chi connectivity index (χ3n) is 5.25. The largest absolute Gasteiger partial charge is 0.546 e. The van der Waals surface area contributed by atoms with E-state index >= 15 is 0 Å². The maximum Gasteiger partial charge on any atom is 0.264 e. The van der Waals surface area contributed by atoms with Crippen molar-refractivity contribution < 1.29 is 64.7 Å². The molecule has 0 unspecified atom stereocenters. The third kappa shape index (κ3) is 13.2. The Balaban J connectivity index is 2.58. The number of hydrogen-bond donors (Lipinski definition) is 2. The van der Waals surface area contributed by atoms with E-state index in [1.165, 1.54) is 31.2 Å². The molecule has 44 heavy (non-hydrogen) atoms. The van der Waals surface area contributed by atoms with Gasteiger partial charge in [-0.2, -0.15) is 16.8 Å². The molecule has 2 N–H and O–H groups in total. The van der Waals surface area contributed by atoms with Crippen molar-refractivity contribution in [2.24, 2.45) is 0 Å². The third-order valence-corrected chi connectivity index (χ3v) is 6.86. The van der Waals surface area contributed by atoms with Gasteiger partial charge < -0.3 is 38.7 Å². The summed E-state index contributed by atoms with van der Waals surface area (Å²) >= 11 is 0. The molecule has 0 saturated carbocycles. The highest BCUT2D eigenvalue weighted by Gasteiger charge is 2.14. The number of benzene rings is 2. The number of carboxylic acids is 2. The SMILES string of the molecule is CC#Cc1cc(OCC(=O)[O-])c(C#Cc2cc(OCCCS(=O)(=O)O)c(C)cc2OCCCS(=O)(=O)O)cc1OCC(=O)[O-]. The van der Waals surface area contributed by atoms with Gasteiger partial charge in [-0.1, -0.05) is 17.8 Å². The van der Waals surface area contributed by atoms with Crippen LogP contribution in [0.2, 0.25) is 0 Å². The Labute approximate surface area is 254 Å². The molecule has 0 bridgehead atoms. The second-order valence-electron chi connectivity index (χ2n) is 8.88. The van der Waals surface area contributed by atoms with E-state index in [0.29, 0.717) is 5.56 Å². The second kappa shape index (κ2) is 16.4. The molecule has 0 amide bonds. The highest BCUT2D eigenvalue weighted by Crippen LogP contribution is 2.31. The monoisotopic (exact) mass is 652 g/mol. The van der Waals surface area contributed by atoms with E-state index in [4.69, 9.17) is 28.1 Å². The summed E-state index contributed by atoms with van der Waals surface area (Å²) in [6.07, 6.45) is -0.0765. The van der Waals surface area contributed by atoms with Gasteiger partial charge in [-0.15, -0.1) is 5.92 Å². The van der Waals surface area contributed by atoms with Gasteiger partial charge in [-0.25, -0.2) is 0 Å². The average molecular weight is 653 g/mol. The Kier molecular flexibility index (Phi) is 13.3. The molecule has 2 rings (SSSR count). The number of ether oxygens (including phenoxy) is 4. The van der Waals surface area contributed by atoms with Gasteiger partial charge in [0, 0.05) is 12.1 Å². The molecule has 0 atom stereocenters. The molecule has 2 aromatic carbocycles. The van der Waals surface area contributed by atoms with Crippen molar-refractivity contribution in [1.82, 2.24) is 0 Å². The molecule has 14 nitrogen and oxygen atoms in total. The number of aliphatic carboxylic acids is 2. The Morgan fingerprint density at radius 3 is 1.48 bits per heavy atom. The lowest BCUT2D eigenvalue weighted by Crippen LogP contribution is -2.29. The summed E-state index contributed by atoms with van der Waals surface area (Å²) in [5.74, 6) is 7.18. The molecule has 16 heteroatoms. The lowest BCUT2D eigenvalue weighted by atomic mass is 10.1. The Hall–Kier alpha value is -4.48. The first-order chi connectivity index (χ1) is 20.6. The van der Waals surface area contributed by atoms with Gasteiger partial charge in [0.15, 0.2) is 0 Å². The fraction of sp³-hybridized carbons (Fsp3) is 0.357. The van der Waals surface area contributed by atoms with Gasteiger partial charge in [-0.05, 0) is 44.4 Å². The molecule has 238 valence electrons. The van der Waals surface area contributed by atoms with Crippen LogP contribution in [0, 0.1) is 30.6 Å². The van der Waals surface area contributed by atoms with Crippen LogP contribution in [-0.2, 0) is 29.8 Å². The first-order valence-corrected chi connectivity index (χ1v) is 15.9. The van der Waals surface area contributed by atoms with Crippen LogP contribution >= 0.6 is 0 Å². The van der Waals surface area contributed by atoms with Crippen molar-refractivity contribution in [2.45, 2.75) is 26.7 Å². The zero-order chi connectivity index (χ0) is 32.9. The Morgan fingerprint density at radius 1 is 0.682 bits per heavy atom. The van der Waals surface area contributed by atoms with E-state index in [2.05, 4.69) is 23.7 Å². The van der Waals surface area contributed by atoms with Crippen LogP contribution in [0.25, 0.3) is 0 Å². The summed E-state index contributed by atoms with van der Waals surface area (Å²) in [5, 5.41) is 22.0. The molecule has 0 aromatic heterocycles. The van der Waals surface area contributed by atoms with Crippen LogP contribution in [0.3, 0.4) is 0 Å². The van der Waals surface area contributed by atoms with Crippen molar-refractivity contribution in [2.75, 3.05) is 37.9 Å². The zero-order valence-corrected chi connectivity index (χ0v) is 25.2. The highest BCUT2D eigenvalue weighted by molar-refractivity contribution is 7.86. The van der Waals surface area contributed by atoms with Crippen molar-refractivity contribution >= 4 is 32.2 Å². The summed E-state index contributed by atoms with van der Waals surface area (Å²) in [6, 6.07) is 5.57. The molecule has 0 aliphatic carbocycles. The molecule has 0 heterocycles. The molecule has 0 spiro atoms. The predicted octanol–water partition coefficient (Wildman–Crippen LogP) is -0.663. The van der Waals surface area contributed by atoms with Gasteiger partial charge in [0.2, 0.25) is 0 Å². The molecular formula is C28H28O14S2-2. The number of rotatable bonds is 16. The molecular weight excluding hydrogens is 624 g/mol. The van der Waals surface area contributed by atoms with Crippen LogP contribution in [0.15, 0.2) is 24.3 Å². The van der Waals surface area contributed by atoms with Crippen molar-refractivity contribution in [3.8, 4) is 46.7 Å². The van der Waals surface area contributed by atoms with Gasteiger partial charge in [-0.3, -0.25) is 9.11 Å². The summed E-state index contributed by atoms with van der Waals surface area (Å²) in [6.45, 7) is 1.29. The van der Waals surface area contributed by atoms with Gasteiger partial charge in [0.05, 0.1) is 53.3 Å². The maximum absolute atomic E-state index is 11.1. The van der Waals surface area contributed by atoms with Crippen molar-refractivity contribution in [1.29, 1.82) is 0 Å². The topological polar surface area (TPSA) is 226 Å². The van der Waals surface area contributed by atoms with Crippen LogP contribution in [-0.4, -0.2) is 75.8 Å². The van der Waals surface area contributed by atoms with Crippen molar-refractivity contribution in [3.05, 3.63) is 46.5 Å². The number of carboxylic acid groups (broad SMARTS) is 2. The highest BCUT2D eigenvalue weighted by atomic mass is 32.2. The van der Waals surface area contributed by atoms with Crippen LogP contribution < -0.4 is 29.2 Å². The fourth-order valence-electron chi connectivity index (χ4n) is 3.42. The van der Waals surface area contributed by atoms with E-state index in [-0.39, 0.29) is 65.7 Å². The summed E-state index contributed by atoms with van der Waals surface area (Å²) in [5.41, 5.74) is 0.944. The van der Waals surface area contributed by atoms with E-state index in [1.54, 1.807) is 6.92 Å². The molecule has 0 saturated heterocycles. The second-order valence-corrected chi connectivity index (χ2v) is 12.0. The number of carbonyl (C=O) groups excluding carboxylic acids is 2. The standard InChI is InChI=1S/C28H30O14S2/c1-3-6-20-15-26(42-18-28(31)32)22(16-25(20)41-17-27(29)30)8-7-21-14-23(39-9-4-11-43(33,34)35)19(2)13-24(21)40-10-5-12-44(36,37)38/h13-16H,4-5,9-12,17-18H2,1-2H3,(H,29,30)(H,31,32)(H,33,34,35)(H,36,37,38)/p-2. The summed E-state index contributed by atoms with van der Waals surface area (Å²) in [7, 11) is -8.41. The van der Waals surface area contributed by atoms with Crippen LogP contribution in [0.5, 0.6) is 23.0 Å². The normalized spacial score (nSPS) is 10.9. The minimum absolute atomic E-state index is 0.0119. The number of aryl methyl sites for hydroxylation is 1. The molecule has 0 radical (unpaired) electrons. The molecule has 0 aliphatic heterocycles. The summed E-state index contributed by atoms with van der Waals surface area (Å²) < 4.78 is 84.0. The molecule has 0 fully saturated rings. The van der Waals surface area contributed by atoms with Crippen molar-refractivity contribution in [3.63, 3.8) is 0 Å². The summed E-state index contributed by atoms with van der Waals surface area (Å²) in [4.78, 5) is 22.0. The Bertz CT molecular complexity index is 1710. The zero-order valence-electron chi connectivity index (χ0n) is 23.6. The quantitative estimate of drug-likeness (QED) is 0.130. The fourth-order valence-corrected chi connectivity index (χ4v) is 4.38. The van der Waals surface area contributed by atoms with Gasteiger partial charge in [0.1, 0.15) is 36.2 Å². The first-order valence-electron chi connectivity index (χ1n) is 12.7.